The number of methoxy groups -OCH3 is 1. The molecule has 29 heavy (non-hydrogen) atoms. The Kier molecular flexibility index (Phi) is 5.37. The van der Waals surface area contributed by atoms with Gasteiger partial charge in [-0.2, -0.15) is 13.2 Å². The Morgan fingerprint density at radius 1 is 1.00 bits per heavy atom. The number of carbonyl (C=O) groups is 2. The molecule has 0 bridgehead atoms. The van der Waals surface area contributed by atoms with Gasteiger partial charge in [-0.05, 0) is 38.1 Å². The molecule has 1 heterocycles. The fraction of sp³-hybridized carbons (Fsp3) is 0.238. The van der Waals surface area contributed by atoms with Crippen molar-refractivity contribution in [3.05, 3.63) is 65.4 Å². The standard InChI is InChI=1S/C21H19F3N2O3/c1-12(2)26-19(27)17(15-9-4-5-10-16(15)29-3)18(20(26)28)25-14-8-6-7-13(11-14)21(22,23)24/h4-12,25H,1-3H3. The molecule has 152 valence electrons. The van der Waals surface area contributed by atoms with E-state index in [1.54, 1.807) is 38.1 Å². The molecule has 1 aliphatic rings. The quantitative estimate of drug-likeness (QED) is 0.755. The van der Waals surface area contributed by atoms with Gasteiger partial charge in [0, 0.05) is 17.3 Å². The smallest absolute Gasteiger partial charge is 0.416 e. The number of alkyl halides is 3. The fourth-order valence-corrected chi connectivity index (χ4v) is 3.15. The SMILES string of the molecule is COc1ccccc1C1=C(Nc2cccc(C(F)(F)F)c2)C(=O)N(C(C)C)C1=O. The van der Waals surface area contributed by atoms with Crippen molar-refractivity contribution >= 4 is 23.1 Å². The van der Waals surface area contributed by atoms with E-state index in [0.717, 1.165) is 17.0 Å². The first kappa shape index (κ1) is 20.4. The summed E-state index contributed by atoms with van der Waals surface area (Å²) >= 11 is 0. The summed E-state index contributed by atoms with van der Waals surface area (Å²) in [5.41, 5.74) is -0.467. The summed E-state index contributed by atoms with van der Waals surface area (Å²) < 4.78 is 44.4. The molecule has 0 saturated carbocycles. The van der Waals surface area contributed by atoms with Gasteiger partial charge < -0.3 is 10.1 Å². The van der Waals surface area contributed by atoms with Gasteiger partial charge in [0.05, 0.1) is 18.2 Å². The number of hydrogen-bond donors (Lipinski definition) is 1. The van der Waals surface area contributed by atoms with Crippen LogP contribution in [0.25, 0.3) is 5.57 Å². The molecule has 1 aliphatic heterocycles. The number of benzene rings is 2. The lowest BCUT2D eigenvalue weighted by Gasteiger charge is -2.19. The van der Waals surface area contributed by atoms with Crippen molar-refractivity contribution in [3.8, 4) is 5.75 Å². The second-order valence-electron chi connectivity index (χ2n) is 6.73. The van der Waals surface area contributed by atoms with E-state index in [2.05, 4.69) is 5.32 Å². The van der Waals surface area contributed by atoms with Crippen molar-refractivity contribution < 1.29 is 27.5 Å². The number of hydrogen-bond acceptors (Lipinski definition) is 4. The van der Waals surface area contributed by atoms with E-state index in [1.807, 2.05) is 0 Å². The van der Waals surface area contributed by atoms with E-state index in [9.17, 15) is 22.8 Å². The molecular weight excluding hydrogens is 385 g/mol. The van der Waals surface area contributed by atoms with Gasteiger partial charge in [0.25, 0.3) is 11.8 Å². The van der Waals surface area contributed by atoms with E-state index < -0.39 is 29.6 Å². The Bertz CT molecular complexity index is 997. The number of nitrogens with one attached hydrogen (secondary N) is 1. The monoisotopic (exact) mass is 404 g/mol. The third kappa shape index (κ3) is 3.83. The van der Waals surface area contributed by atoms with Crippen molar-refractivity contribution in [1.29, 1.82) is 0 Å². The highest BCUT2D eigenvalue weighted by molar-refractivity contribution is 6.37. The Labute approximate surface area is 165 Å². The van der Waals surface area contributed by atoms with E-state index in [1.165, 1.54) is 19.2 Å². The van der Waals surface area contributed by atoms with E-state index >= 15 is 0 Å². The summed E-state index contributed by atoms with van der Waals surface area (Å²) in [5.74, 6) is -0.773. The number of amides is 2. The average Bonchev–Trinajstić information content (AvgIpc) is 2.91. The van der Waals surface area contributed by atoms with Crippen molar-refractivity contribution in [2.24, 2.45) is 0 Å². The summed E-state index contributed by atoms with van der Waals surface area (Å²) in [6.45, 7) is 3.37. The average molecular weight is 404 g/mol. The van der Waals surface area contributed by atoms with Gasteiger partial charge >= 0.3 is 6.18 Å². The predicted octanol–water partition coefficient (Wildman–Crippen LogP) is 4.31. The molecule has 0 fully saturated rings. The van der Waals surface area contributed by atoms with Crippen LogP contribution in [0.3, 0.4) is 0 Å². The molecule has 0 unspecified atom stereocenters. The van der Waals surface area contributed by atoms with Crippen LogP contribution in [0.15, 0.2) is 54.2 Å². The molecule has 2 aromatic carbocycles. The van der Waals surface area contributed by atoms with Gasteiger partial charge in [-0.3, -0.25) is 14.5 Å². The number of nitrogens with zero attached hydrogens (tertiary/aromatic N) is 1. The lowest BCUT2D eigenvalue weighted by Crippen LogP contribution is -2.38. The van der Waals surface area contributed by atoms with Crippen molar-refractivity contribution in [2.75, 3.05) is 12.4 Å². The van der Waals surface area contributed by atoms with Gasteiger partial charge in [-0.25, -0.2) is 0 Å². The number of imide groups is 1. The number of para-hydroxylation sites is 1. The van der Waals surface area contributed by atoms with Crippen LogP contribution in [0.2, 0.25) is 0 Å². The Morgan fingerprint density at radius 3 is 2.31 bits per heavy atom. The van der Waals surface area contributed by atoms with Crippen molar-refractivity contribution in [1.82, 2.24) is 4.90 Å². The van der Waals surface area contributed by atoms with Crippen LogP contribution in [-0.2, 0) is 15.8 Å². The number of anilines is 1. The molecule has 0 spiro atoms. The lowest BCUT2D eigenvalue weighted by atomic mass is 10.0. The van der Waals surface area contributed by atoms with Gasteiger partial charge in [-0.15, -0.1) is 0 Å². The fourth-order valence-electron chi connectivity index (χ4n) is 3.15. The summed E-state index contributed by atoms with van der Waals surface area (Å²) in [7, 11) is 1.43. The molecule has 0 atom stereocenters. The normalized spacial score (nSPS) is 14.8. The zero-order valence-electron chi connectivity index (χ0n) is 16.0. The first-order valence-corrected chi connectivity index (χ1v) is 8.85. The minimum Gasteiger partial charge on any atom is -0.496 e. The minimum atomic E-state index is -4.53. The van der Waals surface area contributed by atoms with E-state index in [-0.39, 0.29) is 17.0 Å². The topological polar surface area (TPSA) is 58.6 Å². The molecule has 3 rings (SSSR count). The van der Waals surface area contributed by atoms with Gasteiger partial charge in [0.15, 0.2) is 0 Å². The van der Waals surface area contributed by atoms with Crippen LogP contribution in [0.5, 0.6) is 5.75 Å². The second-order valence-corrected chi connectivity index (χ2v) is 6.73. The number of halogens is 3. The Balaban J connectivity index is 2.14. The van der Waals surface area contributed by atoms with E-state index in [4.69, 9.17) is 4.74 Å². The molecule has 0 saturated heterocycles. The zero-order chi connectivity index (χ0) is 21.3. The molecule has 2 aromatic rings. The maximum atomic E-state index is 13.0. The Morgan fingerprint density at radius 2 is 1.69 bits per heavy atom. The van der Waals surface area contributed by atoms with Crippen LogP contribution < -0.4 is 10.1 Å². The number of ether oxygens (including phenoxy) is 1. The molecule has 2 amide bonds. The first-order valence-electron chi connectivity index (χ1n) is 8.85. The lowest BCUT2D eigenvalue weighted by molar-refractivity contribution is -0.139. The zero-order valence-corrected chi connectivity index (χ0v) is 16.0. The van der Waals surface area contributed by atoms with Gasteiger partial charge in [0.2, 0.25) is 0 Å². The third-order valence-corrected chi connectivity index (χ3v) is 4.47. The molecular formula is C21H19F3N2O3. The maximum absolute atomic E-state index is 13.0. The van der Waals surface area contributed by atoms with Crippen LogP contribution in [0.4, 0.5) is 18.9 Å². The summed E-state index contributed by atoms with van der Waals surface area (Å²) in [6.07, 6.45) is -4.53. The molecule has 1 N–H and O–H groups in total. The van der Waals surface area contributed by atoms with Crippen LogP contribution in [-0.4, -0.2) is 29.9 Å². The van der Waals surface area contributed by atoms with Crippen molar-refractivity contribution in [3.63, 3.8) is 0 Å². The molecule has 8 heteroatoms. The summed E-state index contributed by atoms with van der Waals surface area (Å²) in [6, 6.07) is 10.7. The van der Waals surface area contributed by atoms with Gasteiger partial charge in [-0.1, -0.05) is 24.3 Å². The summed E-state index contributed by atoms with van der Waals surface area (Å²) in [5, 5.41) is 2.73. The second kappa shape index (κ2) is 7.62. The van der Waals surface area contributed by atoms with Gasteiger partial charge in [0.1, 0.15) is 11.4 Å². The van der Waals surface area contributed by atoms with E-state index in [0.29, 0.717) is 11.3 Å². The van der Waals surface area contributed by atoms with Crippen molar-refractivity contribution in [2.45, 2.75) is 26.1 Å². The highest BCUT2D eigenvalue weighted by Gasteiger charge is 2.41. The first-order chi connectivity index (χ1) is 13.6. The molecule has 0 radical (unpaired) electrons. The third-order valence-electron chi connectivity index (χ3n) is 4.47. The van der Waals surface area contributed by atoms with Crippen LogP contribution in [0, 0.1) is 0 Å². The molecule has 0 aliphatic carbocycles. The van der Waals surface area contributed by atoms with Crippen LogP contribution in [0.1, 0.15) is 25.0 Å². The number of rotatable bonds is 5. The highest BCUT2D eigenvalue weighted by Crippen LogP contribution is 2.37. The van der Waals surface area contributed by atoms with Crippen LogP contribution >= 0.6 is 0 Å². The highest BCUT2D eigenvalue weighted by atomic mass is 19.4. The molecule has 5 nitrogen and oxygen atoms in total. The maximum Gasteiger partial charge on any atom is 0.416 e. The largest absolute Gasteiger partial charge is 0.496 e. The molecule has 0 aromatic heterocycles. The summed E-state index contributed by atoms with van der Waals surface area (Å²) in [4.78, 5) is 27.0. The Hall–Kier alpha value is -3.29. The minimum absolute atomic E-state index is 0.0500. The predicted molar refractivity (Wildman–Crippen MR) is 102 cm³/mol. The number of carbonyl (C=O) groups excluding carboxylic acids is 2.